The molecule has 110 valence electrons. The van der Waals surface area contributed by atoms with Gasteiger partial charge in [0.1, 0.15) is 15.6 Å². The Labute approximate surface area is 118 Å². The standard InChI is InChI=1S/C14H19NO4S/c16-13-4-1-11(2-5-13)3-6-14(17)15-12-7-9-20(18,19)10-8-12/h1-2,4-5,12,16H,3,6-10H2,(H,15,17). The molecule has 0 radical (unpaired) electrons. The first-order valence-corrected chi connectivity index (χ1v) is 8.54. The van der Waals surface area contributed by atoms with Crippen molar-refractivity contribution in [3.8, 4) is 5.75 Å². The molecule has 2 N–H and O–H groups in total. The number of phenolic OH excluding ortho intramolecular Hbond substituents is 1. The largest absolute Gasteiger partial charge is 0.508 e. The fourth-order valence-corrected chi connectivity index (χ4v) is 3.75. The van der Waals surface area contributed by atoms with Crippen LogP contribution in [0, 0.1) is 0 Å². The molecule has 1 saturated heterocycles. The number of aromatic hydroxyl groups is 1. The van der Waals surface area contributed by atoms with Crippen molar-refractivity contribution in [3.63, 3.8) is 0 Å². The van der Waals surface area contributed by atoms with Gasteiger partial charge in [-0.15, -0.1) is 0 Å². The predicted molar refractivity (Wildman–Crippen MR) is 76.2 cm³/mol. The van der Waals surface area contributed by atoms with E-state index in [1.54, 1.807) is 24.3 Å². The third-order valence-corrected chi connectivity index (χ3v) is 5.21. The number of hydrogen-bond donors (Lipinski definition) is 2. The zero-order chi connectivity index (χ0) is 14.6. The number of amides is 1. The molecule has 5 nitrogen and oxygen atoms in total. The number of carbonyl (C=O) groups is 1. The minimum atomic E-state index is -2.89. The van der Waals surface area contributed by atoms with Crippen LogP contribution in [0.3, 0.4) is 0 Å². The van der Waals surface area contributed by atoms with Gasteiger partial charge in [-0.05, 0) is 37.0 Å². The SMILES string of the molecule is O=C(CCc1ccc(O)cc1)NC1CCS(=O)(=O)CC1. The monoisotopic (exact) mass is 297 g/mol. The van der Waals surface area contributed by atoms with Gasteiger partial charge in [0.05, 0.1) is 11.5 Å². The first-order chi connectivity index (χ1) is 9.44. The third-order valence-electron chi connectivity index (χ3n) is 3.50. The van der Waals surface area contributed by atoms with Gasteiger partial charge in [0.15, 0.2) is 0 Å². The number of nitrogens with one attached hydrogen (secondary N) is 1. The topological polar surface area (TPSA) is 83.5 Å². The van der Waals surface area contributed by atoms with Gasteiger partial charge in [-0.1, -0.05) is 12.1 Å². The molecule has 0 spiro atoms. The predicted octanol–water partition coefficient (Wildman–Crippen LogP) is 1.02. The Morgan fingerprint density at radius 2 is 1.80 bits per heavy atom. The Hall–Kier alpha value is -1.56. The molecule has 6 heteroatoms. The zero-order valence-electron chi connectivity index (χ0n) is 11.2. The van der Waals surface area contributed by atoms with Crippen molar-refractivity contribution in [2.24, 2.45) is 0 Å². The van der Waals surface area contributed by atoms with Gasteiger partial charge in [-0.3, -0.25) is 4.79 Å². The van der Waals surface area contributed by atoms with Crippen molar-refractivity contribution in [2.45, 2.75) is 31.7 Å². The minimum absolute atomic E-state index is 0.0224. The molecule has 0 aromatic heterocycles. The molecule has 0 unspecified atom stereocenters. The number of sulfone groups is 1. The highest BCUT2D eigenvalue weighted by Crippen LogP contribution is 2.13. The molecule has 1 aliphatic rings. The van der Waals surface area contributed by atoms with Crippen LogP contribution in [0.2, 0.25) is 0 Å². The van der Waals surface area contributed by atoms with E-state index < -0.39 is 9.84 Å². The van der Waals surface area contributed by atoms with Gasteiger partial charge in [-0.25, -0.2) is 8.42 Å². The summed E-state index contributed by atoms with van der Waals surface area (Å²) in [6.07, 6.45) is 1.99. The lowest BCUT2D eigenvalue weighted by Crippen LogP contribution is -2.40. The average Bonchev–Trinajstić information content (AvgIpc) is 2.41. The highest BCUT2D eigenvalue weighted by molar-refractivity contribution is 7.91. The summed E-state index contributed by atoms with van der Waals surface area (Å²) in [6, 6.07) is 6.75. The summed E-state index contributed by atoms with van der Waals surface area (Å²) in [7, 11) is -2.89. The number of hydrogen-bond acceptors (Lipinski definition) is 4. The smallest absolute Gasteiger partial charge is 0.220 e. The molecule has 2 rings (SSSR count). The van der Waals surface area contributed by atoms with Crippen LogP contribution in [-0.4, -0.2) is 37.0 Å². The van der Waals surface area contributed by atoms with Crippen LogP contribution in [-0.2, 0) is 21.1 Å². The van der Waals surface area contributed by atoms with Gasteiger partial charge >= 0.3 is 0 Å². The number of rotatable bonds is 4. The maximum atomic E-state index is 11.8. The Morgan fingerprint density at radius 1 is 1.20 bits per heavy atom. The maximum Gasteiger partial charge on any atom is 0.220 e. The second kappa shape index (κ2) is 6.26. The quantitative estimate of drug-likeness (QED) is 0.869. The first kappa shape index (κ1) is 14.8. The fourth-order valence-electron chi connectivity index (χ4n) is 2.25. The normalized spacial score (nSPS) is 18.6. The van der Waals surface area contributed by atoms with Crippen LogP contribution < -0.4 is 5.32 Å². The maximum absolute atomic E-state index is 11.8. The summed E-state index contributed by atoms with van der Waals surface area (Å²) in [5, 5.41) is 12.0. The lowest BCUT2D eigenvalue weighted by molar-refractivity contribution is -0.121. The molecule has 0 bridgehead atoms. The van der Waals surface area contributed by atoms with E-state index in [4.69, 9.17) is 5.11 Å². The Morgan fingerprint density at radius 3 is 2.40 bits per heavy atom. The van der Waals surface area contributed by atoms with Gasteiger partial charge in [0, 0.05) is 12.5 Å². The van der Waals surface area contributed by atoms with E-state index in [1.165, 1.54) is 0 Å². The lowest BCUT2D eigenvalue weighted by atomic mass is 10.1. The van der Waals surface area contributed by atoms with E-state index in [9.17, 15) is 13.2 Å². The van der Waals surface area contributed by atoms with E-state index in [0.29, 0.717) is 25.7 Å². The number of benzene rings is 1. The molecular weight excluding hydrogens is 278 g/mol. The molecule has 1 heterocycles. The lowest BCUT2D eigenvalue weighted by Gasteiger charge is -2.23. The van der Waals surface area contributed by atoms with E-state index in [-0.39, 0.29) is 29.2 Å². The van der Waals surface area contributed by atoms with Crippen molar-refractivity contribution in [3.05, 3.63) is 29.8 Å². The van der Waals surface area contributed by atoms with Gasteiger partial charge in [0.2, 0.25) is 5.91 Å². The summed E-state index contributed by atoms with van der Waals surface area (Å²) in [4.78, 5) is 11.8. The molecule has 1 aliphatic heterocycles. The molecule has 0 aliphatic carbocycles. The molecular formula is C14H19NO4S. The average molecular weight is 297 g/mol. The number of aryl methyl sites for hydroxylation is 1. The zero-order valence-corrected chi connectivity index (χ0v) is 12.0. The van der Waals surface area contributed by atoms with Crippen molar-refractivity contribution >= 4 is 15.7 Å². The molecule has 0 atom stereocenters. The Bertz CT molecular complexity index is 551. The summed E-state index contributed by atoms with van der Waals surface area (Å²) < 4.78 is 22.6. The van der Waals surface area contributed by atoms with E-state index >= 15 is 0 Å². The van der Waals surface area contributed by atoms with Crippen LogP contribution in [0.25, 0.3) is 0 Å². The van der Waals surface area contributed by atoms with Crippen molar-refractivity contribution in [1.29, 1.82) is 0 Å². The van der Waals surface area contributed by atoms with Crippen LogP contribution >= 0.6 is 0 Å². The fraction of sp³-hybridized carbons (Fsp3) is 0.500. The molecule has 1 amide bonds. The van der Waals surface area contributed by atoms with Crippen LogP contribution in [0.1, 0.15) is 24.8 Å². The van der Waals surface area contributed by atoms with Gasteiger partial charge in [-0.2, -0.15) is 0 Å². The molecule has 1 aromatic rings. The van der Waals surface area contributed by atoms with E-state index in [2.05, 4.69) is 5.32 Å². The number of carbonyl (C=O) groups excluding carboxylic acids is 1. The molecule has 1 fully saturated rings. The summed E-state index contributed by atoms with van der Waals surface area (Å²) in [5.41, 5.74) is 0.990. The van der Waals surface area contributed by atoms with Crippen molar-refractivity contribution in [2.75, 3.05) is 11.5 Å². The van der Waals surface area contributed by atoms with E-state index in [1.807, 2.05) is 0 Å². The summed E-state index contributed by atoms with van der Waals surface area (Å²) >= 11 is 0. The third kappa shape index (κ3) is 4.52. The van der Waals surface area contributed by atoms with Crippen LogP contribution in [0.5, 0.6) is 5.75 Å². The summed E-state index contributed by atoms with van der Waals surface area (Å²) in [5.74, 6) is 0.482. The van der Waals surface area contributed by atoms with Gasteiger partial charge in [0.25, 0.3) is 0 Å². The highest BCUT2D eigenvalue weighted by Gasteiger charge is 2.24. The van der Waals surface area contributed by atoms with Crippen molar-refractivity contribution < 1.29 is 18.3 Å². The Kier molecular flexibility index (Phi) is 4.65. The van der Waals surface area contributed by atoms with Crippen LogP contribution in [0.15, 0.2) is 24.3 Å². The van der Waals surface area contributed by atoms with Gasteiger partial charge < -0.3 is 10.4 Å². The minimum Gasteiger partial charge on any atom is -0.508 e. The molecule has 1 aromatic carbocycles. The molecule has 20 heavy (non-hydrogen) atoms. The van der Waals surface area contributed by atoms with Crippen LogP contribution in [0.4, 0.5) is 0 Å². The van der Waals surface area contributed by atoms with Crippen molar-refractivity contribution in [1.82, 2.24) is 5.32 Å². The molecule has 0 saturated carbocycles. The van der Waals surface area contributed by atoms with E-state index in [0.717, 1.165) is 5.56 Å². The summed E-state index contributed by atoms with van der Waals surface area (Å²) in [6.45, 7) is 0. The Balaban J connectivity index is 1.74. The highest BCUT2D eigenvalue weighted by atomic mass is 32.2. The first-order valence-electron chi connectivity index (χ1n) is 6.72. The second-order valence-electron chi connectivity index (χ2n) is 5.16. The second-order valence-corrected chi connectivity index (χ2v) is 7.46. The number of phenols is 1.